The number of halogens is 1. The van der Waals surface area contributed by atoms with E-state index in [1.165, 1.54) is 27.7 Å². The van der Waals surface area contributed by atoms with Crippen LogP contribution in [0.4, 0.5) is 0 Å². The average molecular weight is 385 g/mol. The summed E-state index contributed by atoms with van der Waals surface area (Å²) in [6, 6.07) is 6.39. The van der Waals surface area contributed by atoms with Crippen molar-refractivity contribution in [2.75, 3.05) is 6.54 Å². The molecule has 1 aromatic carbocycles. The first-order valence-corrected chi connectivity index (χ1v) is 9.22. The molecular weight excluding hydrogens is 364 g/mol. The van der Waals surface area contributed by atoms with Gasteiger partial charge in [0.25, 0.3) is 0 Å². The molecule has 5 heteroatoms. The van der Waals surface area contributed by atoms with Crippen LogP contribution in [0.25, 0.3) is 10.9 Å². The Hall–Kier alpha value is -1.72. The average Bonchev–Trinajstić information content (AvgIpc) is 2.96. The van der Waals surface area contributed by atoms with Gasteiger partial charge in [0, 0.05) is 71.0 Å². The third-order valence-electron chi connectivity index (χ3n) is 4.67. The van der Waals surface area contributed by atoms with Crippen LogP contribution < -0.4 is 0 Å². The molecule has 3 heterocycles. The van der Waals surface area contributed by atoms with Crippen molar-refractivity contribution in [3.63, 3.8) is 0 Å². The maximum atomic E-state index is 4.76. The molecule has 0 amide bonds. The molecule has 0 unspecified atom stereocenters. The number of aromatic nitrogens is 3. The van der Waals surface area contributed by atoms with Gasteiger partial charge >= 0.3 is 0 Å². The predicted molar refractivity (Wildman–Crippen MR) is 99.9 cm³/mol. The Kier molecular flexibility index (Phi) is 4.14. The van der Waals surface area contributed by atoms with Gasteiger partial charge < -0.3 is 4.98 Å². The molecule has 0 aliphatic carbocycles. The highest BCUT2D eigenvalue weighted by molar-refractivity contribution is 9.10. The van der Waals surface area contributed by atoms with Crippen molar-refractivity contribution in [2.24, 2.45) is 0 Å². The third-order valence-corrected chi connectivity index (χ3v) is 5.16. The Labute approximate surface area is 150 Å². The summed E-state index contributed by atoms with van der Waals surface area (Å²) in [5.74, 6) is 1.35. The van der Waals surface area contributed by atoms with E-state index in [9.17, 15) is 0 Å². The van der Waals surface area contributed by atoms with Crippen LogP contribution in [0.5, 0.6) is 0 Å². The normalized spacial score (nSPS) is 15.2. The first-order chi connectivity index (χ1) is 11.6. The quantitative estimate of drug-likeness (QED) is 0.727. The Morgan fingerprint density at radius 2 is 2.21 bits per heavy atom. The molecule has 0 atom stereocenters. The van der Waals surface area contributed by atoms with Crippen molar-refractivity contribution in [1.82, 2.24) is 19.9 Å². The van der Waals surface area contributed by atoms with Crippen LogP contribution >= 0.6 is 15.9 Å². The standard InChI is InChI=1S/C19H21BrN4/c1-12(2)19-22-9-14-11-24(6-5-17(14)23-19)10-13-8-21-18-4-3-15(20)7-16(13)18/h3-4,7-9,12,21H,5-6,10-11H2,1-2H3. The largest absolute Gasteiger partial charge is 0.361 e. The molecule has 0 fully saturated rings. The fourth-order valence-electron chi connectivity index (χ4n) is 3.33. The summed E-state index contributed by atoms with van der Waals surface area (Å²) < 4.78 is 1.12. The number of fused-ring (bicyclic) bond motifs is 2. The van der Waals surface area contributed by atoms with E-state index < -0.39 is 0 Å². The molecular formula is C19H21BrN4. The van der Waals surface area contributed by atoms with Crippen molar-refractivity contribution in [3.8, 4) is 0 Å². The molecule has 0 bridgehead atoms. The summed E-state index contributed by atoms with van der Waals surface area (Å²) in [6.45, 7) is 7.20. The third kappa shape index (κ3) is 2.98. The van der Waals surface area contributed by atoms with Gasteiger partial charge in [0.05, 0.1) is 0 Å². The maximum Gasteiger partial charge on any atom is 0.131 e. The number of hydrogen-bond donors (Lipinski definition) is 1. The number of aromatic amines is 1. The van der Waals surface area contributed by atoms with Crippen LogP contribution in [0.2, 0.25) is 0 Å². The first kappa shape index (κ1) is 15.8. The van der Waals surface area contributed by atoms with Crippen molar-refractivity contribution >= 4 is 26.8 Å². The van der Waals surface area contributed by atoms with E-state index in [1.807, 2.05) is 6.20 Å². The van der Waals surface area contributed by atoms with E-state index in [0.717, 1.165) is 36.4 Å². The van der Waals surface area contributed by atoms with Crippen LogP contribution in [-0.4, -0.2) is 26.4 Å². The molecule has 1 N–H and O–H groups in total. The molecule has 0 spiro atoms. The van der Waals surface area contributed by atoms with Gasteiger partial charge in [-0.1, -0.05) is 29.8 Å². The summed E-state index contributed by atoms with van der Waals surface area (Å²) >= 11 is 3.57. The summed E-state index contributed by atoms with van der Waals surface area (Å²) in [7, 11) is 0. The van der Waals surface area contributed by atoms with Gasteiger partial charge in [0.1, 0.15) is 5.82 Å². The van der Waals surface area contributed by atoms with Crippen LogP contribution in [0.1, 0.15) is 42.4 Å². The molecule has 124 valence electrons. The topological polar surface area (TPSA) is 44.8 Å². The Morgan fingerprint density at radius 1 is 1.33 bits per heavy atom. The summed E-state index contributed by atoms with van der Waals surface area (Å²) in [5.41, 5.74) is 5.03. The zero-order valence-corrected chi connectivity index (χ0v) is 15.6. The zero-order valence-electron chi connectivity index (χ0n) is 14.0. The molecule has 3 aromatic rings. The van der Waals surface area contributed by atoms with Gasteiger partial charge in [-0.05, 0) is 23.8 Å². The number of nitrogens with one attached hydrogen (secondary N) is 1. The molecule has 2 aromatic heterocycles. The second-order valence-electron chi connectivity index (χ2n) is 6.82. The maximum absolute atomic E-state index is 4.76. The fraction of sp³-hybridized carbons (Fsp3) is 0.368. The van der Waals surface area contributed by atoms with Crippen molar-refractivity contribution in [2.45, 2.75) is 39.3 Å². The summed E-state index contributed by atoms with van der Waals surface area (Å²) in [6.07, 6.45) is 5.16. The highest BCUT2D eigenvalue weighted by atomic mass is 79.9. The molecule has 24 heavy (non-hydrogen) atoms. The zero-order chi connectivity index (χ0) is 16.7. The lowest BCUT2D eigenvalue weighted by Gasteiger charge is -2.28. The summed E-state index contributed by atoms with van der Waals surface area (Å²) in [5, 5.41) is 1.29. The number of rotatable bonds is 3. The molecule has 1 aliphatic rings. The minimum Gasteiger partial charge on any atom is -0.361 e. The minimum absolute atomic E-state index is 0.387. The first-order valence-electron chi connectivity index (χ1n) is 8.42. The van der Waals surface area contributed by atoms with Crippen molar-refractivity contribution in [1.29, 1.82) is 0 Å². The van der Waals surface area contributed by atoms with Gasteiger partial charge in [-0.2, -0.15) is 0 Å². The lowest BCUT2D eigenvalue weighted by molar-refractivity contribution is 0.243. The number of hydrogen-bond acceptors (Lipinski definition) is 3. The number of nitrogens with zero attached hydrogens (tertiary/aromatic N) is 3. The predicted octanol–water partition coefficient (Wildman–Crippen LogP) is 4.40. The lowest BCUT2D eigenvalue weighted by atomic mass is 10.1. The molecule has 4 nitrogen and oxygen atoms in total. The van der Waals surface area contributed by atoms with E-state index >= 15 is 0 Å². The van der Waals surface area contributed by atoms with Gasteiger partial charge in [-0.3, -0.25) is 4.90 Å². The van der Waals surface area contributed by atoms with E-state index in [2.05, 4.69) is 69.0 Å². The molecule has 0 radical (unpaired) electrons. The SMILES string of the molecule is CC(C)c1ncc2c(n1)CCN(Cc1c[nH]c3ccc(Br)cc13)C2. The van der Waals surface area contributed by atoms with Crippen molar-refractivity contribution in [3.05, 3.63) is 57.7 Å². The van der Waals surface area contributed by atoms with Gasteiger partial charge in [-0.15, -0.1) is 0 Å². The Morgan fingerprint density at radius 3 is 3.04 bits per heavy atom. The van der Waals surface area contributed by atoms with E-state index in [0.29, 0.717) is 5.92 Å². The van der Waals surface area contributed by atoms with Crippen LogP contribution in [-0.2, 0) is 19.5 Å². The van der Waals surface area contributed by atoms with E-state index in [-0.39, 0.29) is 0 Å². The van der Waals surface area contributed by atoms with Gasteiger partial charge in [-0.25, -0.2) is 9.97 Å². The number of H-pyrrole nitrogens is 1. The smallest absolute Gasteiger partial charge is 0.131 e. The molecule has 1 aliphatic heterocycles. The second-order valence-corrected chi connectivity index (χ2v) is 7.73. The monoisotopic (exact) mass is 384 g/mol. The van der Waals surface area contributed by atoms with Crippen LogP contribution in [0, 0.1) is 0 Å². The highest BCUT2D eigenvalue weighted by Crippen LogP contribution is 2.26. The number of benzene rings is 1. The molecule has 0 saturated carbocycles. The van der Waals surface area contributed by atoms with E-state index in [1.54, 1.807) is 0 Å². The molecule has 4 rings (SSSR count). The fourth-order valence-corrected chi connectivity index (χ4v) is 3.69. The van der Waals surface area contributed by atoms with Crippen molar-refractivity contribution < 1.29 is 0 Å². The van der Waals surface area contributed by atoms with E-state index in [4.69, 9.17) is 4.98 Å². The van der Waals surface area contributed by atoms with Gasteiger partial charge in [0.15, 0.2) is 0 Å². The van der Waals surface area contributed by atoms with Crippen LogP contribution in [0.15, 0.2) is 35.1 Å². The Balaban J connectivity index is 1.55. The van der Waals surface area contributed by atoms with Crippen LogP contribution in [0.3, 0.4) is 0 Å². The minimum atomic E-state index is 0.387. The highest BCUT2D eigenvalue weighted by Gasteiger charge is 2.20. The Bertz CT molecular complexity index is 884. The second kappa shape index (κ2) is 6.30. The lowest BCUT2D eigenvalue weighted by Crippen LogP contribution is -2.31. The molecule has 0 saturated heterocycles. The van der Waals surface area contributed by atoms with Gasteiger partial charge in [0.2, 0.25) is 0 Å². The summed E-state index contributed by atoms with van der Waals surface area (Å²) in [4.78, 5) is 15.1.